The van der Waals surface area contributed by atoms with Crippen molar-refractivity contribution >= 4 is 5.97 Å². The molecule has 0 heterocycles. The van der Waals surface area contributed by atoms with Gasteiger partial charge in [0.05, 0.1) is 6.61 Å². The van der Waals surface area contributed by atoms with E-state index in [1.54, 1.807) is 0 Å². The molecular weight excluding hydrogens is 408 g/mol. The average Bonchev–Trinajstić information content (AvgIpc) is 3.30. The summed E-state index contributed by atoms with van der Waals surface area (Å²) in [5, 5.41) is 0. The number of allylic oxidation sites excluding steroid dienone is 2. The van der Waals surface area contributed by atoms with Crippen molar-refractivity contribution < 1.29 is 14.3 Å². The van der Waals surface area contributed by atoms with Crippen molar-refractivity contribution in [3.8, 4) is 11.8 Å². The second-order valence-electron chi connectivity index (χ2n) is 10.0. The molecule has 2 saturated carbocycles. The van der Waals surface area contributed by atoms with Gasteiger partial charge in [-0.05, 0) is 69.6 Å². The summed E-state index contributed by atoms with van der Waals surface area (Å²) in [7, 11) is 0. The second kappa shape index (κ2) is 18.1. The highest BCUT2D eigenvalue weighted by Gasteiger charge is 2.35. The summed E-state index contributed by atoms with van der Waals surface area (Å²) < 4.78 is 10.4. The number of esters is 1. The van der Waals surface area contributed by atoms with E-state index in [0.717, 1.165) is 31.1 Å². The molecule has 2 rings (SSSR count). The molecule has 33 heavy (non-hydrogen) atoms. The van der Waals surface area contributed by atoms with E-state index in [1.165, 1.54) is 77.0 Å². The van der Waals surface area contributed by atoms with Crippen LogP contribution in [0.4, 0.5) is 0 Å². The van der Waals surface area contributed by atoms with Crippen LogP contribution in [-0.4, -0.2) is 25.8 Å². The molecule has 0 aromatic carbocycles. The third kappa shape index (κ3) is 11.6. The van der Waals surface area contributed by atoms with Crippen molar-refractivity contribution in [1.82, 2.24) is 0 Å². The number of carbonyl (C=O) groups is 1. The van der Waals surface area contributed by atoms with Gasteiger partial charge in [-0.1, -0.05) is 69.9 Å². The van der Waals surface area contributed by atoms with Crippen molar-refractivity contribution in [3.63, 3.8) is 0 Å². The van der Waals surface area contributed by atoms with Crippen molar-refractivity contribution in [2.45, 2.75) is 117 Å². The lowest BCUT2D eigenvalue weighted by molar-refractivity contribution is -0.145. The molecule has 3 heteroatoms. The minimum Gasteiger partial charge on any atom is -0.463 e. The second-order valence-corrected chi connectivity index (χ2v) is 10.0. The number of hydrogen-bond acceptors (Lipinski definition) is 3. The molecule has 0 aromatic rings. The molecule has 0 amide bonds. The molecule has 2 aliphatic rings. The summed E-state index contributed by atoms with van der Waals surface area (Å²) in [6, 6.07) is 0. The van der Waals surface area contributed by atoms with Crippen LogP contribution < -0.4 is 0 Å². The molecule has 2 fully saturated rings. The topological polar surface area (TPSA) is 35.5 Å². The van der Waals surface area contributed by atoms with E-state index >= 15 is 0 Å². The fourth-order valence-corrected chi connectivity index (χ4v) is 5.69. The molecule has 1 unspecified atom stereocenters. The lowest BCUT2D eigenvalue weighted by Gasteiger charge is -2.34. The Morgan fingerprint density at radius 1 is 0.970 bits per heavy atom. The summed E-state index contributed by atoms with van der Waals surface area (Å²) in [4.78, 5) is 11.9. The molecule has 0 aromatic heterocycles. The van der Waals surface area contributed by atoms with E-state index in [9.17, 15) is 4.79 Å². The molecular formula is C30H50O3. The highest BCUT2D eigenvalue weighted by molar-refractivity contribution is 5.69. The summed E-state index contributed by atoms with van der Waals surface area (Å²) >= 11 is 0. The first-order valence-corrected chi connectivity index (χ1v) is 14.1. The zero-order chi connectivity index (χ0) is 23.6. The largest absolute Gasteiger partial charge is 0.463 e. The first-order chi connectivity index (χ1) is 16.3. The van der Waals surface area contributed by atoms with Crippen LogP contribution in [0.15, 0.2) is 12.2 Å². The summed E-state index contributed by atoms with van der Waals surface area (Å²) in [6.45, 7) is 5.74. The Morgan fingerprint density at radius 3 is 2.61 bits per heavy atom. The molecule has 0 N–H and O–H groups in total. The maximum atomic E-state index is 11.9. The fourth-order valence-electron chi connectivity index (χ4n) is 5.69. The van der Waals surface area contributed by atoms with Crippen LogP contribution >= 0.6 is 0 Å². The average molecular weight is 459 g/mol. The third-order valence-corrected chi connectivity index (χ3v) is 7.51. The van der Waals surface area contributed by atoms with Crippen molar-refractivity contribution in [1.29, 1.82) is 0 Å². The van der Waals surface area contributed by atoms with E-state index in [0.29, 0.717) is 38.1 Å². The summed E-state index contributed by atoms with van der Waals surface area (Å²) in [5.74, 6) is 9.99. The molecule has 0 spiro atoms. The van der Waals surface area contributed by atoms with Crippen LogP contribution in [0.3, 0.4) is 0 Å². The zero-order valence-corrected chi connectivity index (χ0v) is 21.6. The van der Waals surface area contributed by atoms with Crippen LogP contribution in [0.25, 0.3) is 0 Å². The Balaban J connectivity index is 1.84. The zero-order valence-electron chi connectivity index (χ0n) is 21.6. The van der Waals surface area contributed by atoms with E-state index in [4.69, 9.17) is 9.47 Å². The highest BCUT2D eigenvalue weighted by atomic mass is 16.6. The van der Waals surface area contributed by atoms with Gasteiger partial charge < -0.3 is 9.47 Å². The van der Waals surface area contributed by atoms with Gasteiger partial charge in [0.2, 0.25) is 0 Å². The third-order valence-electron chi connectivity index (χ3n) is 7.51. The molecule has 2 aliphatic carbocycles. The monoisotopic (exact) mass is 458 g/mol. The number of carbonyl (C=O) groups excluding carboxylic acids is 1. The standard InChI is InChI=1S/C30H50O3/c1-3-5-6-7-8-11-17-27-20-16-22-29(27)28(26-18-12-9-13-19-26)21-14-10-15-23-30(31)33-25-24-32-4-2/h14,21,26-29H,3-10,12-13,15-16,18-20,22-25H2,1-2H3/t27-,28?,29-/m0/s1. The molecule has 0 radical (unpaired) electrons. The first-order valence-electron chi connectivity index (χ1n) is 14.1. The van der Waals surface area contributed by atoms with Gasteiger partial charge in [-0.3, -0.25) is 4.79 Å². The predicted octanol–water partition coefficient (Wildman–Crippen LogP) is 7.88. The smallest absolute Gasteiger partial charge is 0.305 e. The molecule has 3 atom stereocenters. The van der Waals surface area contributed by atoms with Gasteiger partial charge in [-0.15, -0.1) is 5.92 Å². The molecule has 3 nitrogen and oxygen atoms in total. The minimum atomic E-state index is -0.1000. The van der Waals surface area contributed by atoms with Gasteiger partial charge in [-0.2, -0.15) is 0 Å². The Bertz CT molecular complexity index is 593. The molecule has 0 saturated heterocycles. The van der Waals surface area contributed by atoms with E-state index < -0.39 is 0 Å². The van der Waals surface area contributed by atoms with Crippen LogP contribution in [0.2, 0.25) is 0 Å². The fraction of sp³-hybridized carbons (Fsp3) is 0.833. The number of ether oxygens (including phenoxy) is 2. The SMILES string of the molecule is CCCCCCC#C[C@H]1CCC[C@@H]1C(C=CCCCC(=O)OCCOCC)C1CCCCC1. The van der Waals surface area contributed by atoms with Gasteiger partial charge in [0.15, 0.2) is 0 Å². The van der Waals surface area contributed by atoms with Crippen LogP contribution in [0.5, 0.6) is 0 Å². The Morgan fingerprint density at radius 2 is 1.82 bits per heavy atom. The van der Waals surface area contributed by atoms with E-state index in [2.05, 4.69) is 30.9 Å². The highest BCUT2D eigenvalue weighted by Crippen LogP contribution is 2.44. The van der Waals surface area contributed by atoms with E-state index in [1.807, 2.05) is 6.92 Å². The lowest BCUT2D eigenvalue weighted by atomic mass is 9.71. The summed E-state index contributed by atoms with van der Waals surface area (Å²) in [5.41, 5.74) is 0. The van der Waals surface area contributed by atoms with Gasteiger partial charge in [0.25, 0.3) is 0 Å². The first kappa shape index (κ1) is 28.0. The van der Waals surface area contributed by atoms with Gasteiger partial charge in [-0.25, -0.2) is 0 Å². The maximum Gasteiger partial charge on any atom is 0.305 e. The number of unbranched alkanes of at least 4 members (excludes halogenated alkanes) is 5. The van der Waals surface area contributed by atoms with Crippen LogP contribution in [-0.2, 0) is 14.3 Å². The van der Waals surface area contributed by atoms with Crippen molar-refractivity contribution in [2.24, 2.45) is 23.7 Å². The molecule has 0 aliphatic heterocycles. The number of hydrogen-bond donors (Lipinski definition) is 0. The Hall–Kier alpha value is -1.27. The number of rotatable bonds is 15. The molecule has 188 valence electrons. The quantitative estimate of drug-likeness (QED) is 0.108. The van der Waals surface area contributed by atoms with Crippen molar-refractivity contribution in [3.05, 3.63) is 12.2 Å². The van der Waals surface area contributed by atoms with E-state index in [-0.39, 0.29) is 5.97 Å². The van der Waals surface area contributed by atoms with Gasteiger partial charge >= 0.3 is 5.97 Å². The lowest BCUT2D eigenvalue weighted by Crippen LogP contribution is -2.26. The van der Waals surface area contributed by atoms with Crippen molar-refractivity contribution in [2.75, 3.05) is 19.8 Å². The molecule has 0 bridgehead atoms. The van der Waals surface area contributed by atoms with Gasteiger partial charge in [0, 0.05) is 25.4 Å². The minimum absolute atomic E-state index is 0.1000. The predicted molar refractivity (Wildman–Crippen MR) is 138 cm³/mol. The maximum absolute atomic E-state index is 11.9. The Labute approximate surface area is 204 Å². The van der Waals surface area contributed by atoms with Gasteiger partial charge in [0.1, 0.15) is 6.61 Å². The Kier molecular flexibility index (Phi) is 15.3. The van der Waals surface area contributed by atoms with Crippen LogP contribution in [0.1, 0.15) is 117 Å². The summed E-state index contributed by atoms with van der Waals surface area (Å²) in [6.07, 6.45) is 24.4. The van der Waals surface area contributed by atoms with Crippen LogP contribution in [0, 0.1) is 35.5 Å². The normalized spacial score (nSPS) is 22.2.